The van der Waals surface area contributed by atoms with E-state index < -0.39 is 104 Å². The summed E-state index contributed by atoms with van der Waals surface area (Å²) >= 11 is 0. The molecule has 0 aliphatic heterocycles. The fourth-order valence-electron chi connectivity index (χ4n) is 8.94. The Balaban J connectivity index is 0.000000221. The SMILES string of the molecule is CC(C)(C)OC(=O)N[C@@H](c1nc(-c2cc(F)ccc2F)n(Cc2ccccc2)n1)C(C)(C)C.CC(C)(C)OC(=O)N[C@@H](c1nc(-c2cc(F)ccc2F)n[nH]1)C(C)(C)C.CC(C)(C)OC(=O)N[C@@H](c1nc(-c2cc(F)ccc2F)nn1Cc1ccccc1)C(C)(C)C. The highest BCUT2D eigenvalue weighted by molar-refractivity contribution is 5.70. The Labute approximate surface area is 533 Å². The molecule has 0 aliphatic carbocycles. The summed E-state index contributed by atoms with van der Waals surface area (Å²) in [5, 5.41) is 24.3. The van der Waals surface area contributed by atoms with Crippen molar-refractivity contribution in [3.8, 4) is 34.2 Å². The number of halogens is 6. The lowest BCUT2D eigenvalue weighted by molar-refractivity contribution is 0.0446. The molecule has 0 bridgehead atoms. The summed E-state index contributed by atoms with van der Waals surface area (Å²) in [4.78, 5) is 50.7. The van der Waals surface area contributed by atoms with E-state index in [0.29, 0.717) is 24.7 Å². The van der Waals surface area contributed by atoms with Gasteiger partial charge in [0.15, 0.2) is 29.1 Å². The predicted octanol–water partition coefficient (Wildman–Crippen LogP) is 16.1. The molecular weight excluding hydrogens is 1190 g/mol. The first-order chi connectivity index (χ1) is 42.5. The van der Waals surface area contributed by atoms with E-state index in [2.05, 4.69) is 51.3 Å². The summed E-state index contributed by atoms with van der Waals surface area (Å²) < 4.78 is 104. The second-order valence-corrected chi connectivity index (χ2v) is 28.1. The number of H-pyrrole nitrogens is 1. The molecule has 0 unspecified atom stereocenters. The molecule has 0 radical (unpaired) electrons. The maximum Gasteiger partial charge on any atom is 0.408 e. The maximum absolute atomic E-state index is 14.7. The number of aromatic nitrogens is 9. The van der Waals surface area contributed by atoms with Crippen molar-refractivity contribution in [2.45, 2.75) is 173 Å². The zero-order valence-corrected chi connectivity index (χ0v) is 55.4. The first kappa shape index (κ1) is 72.0. The normalized spacial score (nSPS) is 13.1. The van der Waals surface area contributed by atoms with Crippen molar-refractivity contribution in [1.82, 2.24) is 60.7 Å². The van der Waals surface area contributed by atoms with Crippen LogP contribution in [0.1, 0.15) is 171 Å². The highest BCUT2D eigenvalue weighted by Gasteiger charge is 2.37. The smallest absolute Gasteiger partial charge is 0.408 e. The number of hydrogen-bond donors (Lipinski definition) is 4. The fraction of sp³-hybridized carbons (Fsp3) is 0.426. The van der Waals surface area contributed by atoms with Crippen LogP contribution >= 0.6 is 0 Å². The zero-order valence-electron chi connectivity index (χ0n) is 55.4. The quantitative estimate of drug-likeness (QED) is 0.0626. The summed E-state index contributed by atoms with van der Waals surface area (Å²) in [5.41, 5.74) is -1.68. The van der Waals surface area contributed by atoms with Gasteiger partial charge < -0.3 is 30.2 Å². The number of nitrogens with one attached hydrogen (secondary N) is 4. The van der Waals surface area contributed by atoms with Gasteiger partial charge in [-0.1, -0.05) is 123 Å². The lowest BCUT2D eigenvalue weighted by Gasteiger charge is -2.31. The van der Waals surface area contributed by atoms with Crippen molar-refractivity contribution in [3.63, 3.8) is 0 Å². The summed E-state index contributed by atoms with van der Waals surface area (Å²) in [7, 11) is 0. The molecule has 0 spiro atoms. The average Bonchev–Trinajstić information content (AvgIpc) is 1.64. The Morgan fingerprint density at radius 3 is 1.25 bits per heavy atom. The van der Waals surface area contributed by atoms with Crippen molar-refractivity contribution < 1.29 is 54.9 Å². The highest BCUT2D eigenvalue weighted by atomic mass is 19.1. The molecule has 92 heavy (non-hydrogen) atoms. The Morgan fingerprint density at radius 2 is 0.826 bits per heavy atom. The lowest BCUT2D eigenvalue weighted by Crippen LogP contribution is -2.41. The van der Waals surface area contributed by atoms with Crippen molar-refractivity contribution in [2.75, 3.05) is 0 Å². The monoisotopic (exact) mass is 1280 g/mol. The van der Waals surface area contributed by atoms with E-state index in [1.165, 1.54) is 4.68 Å². The van der Waals surface area contributed by atoms with Gasteiger partial charge in [0.05, 0.1) is 47.9 Å². The van der Waals surface area contributed by atoms with Gasteiger partial charge in [-0.2, -0.15) is 15.3 Å². The van der Waals surface area contributed by atoms with Gasteiger partial charge in [-0.15, -0.1) is 0 Å². The number of amides is 3. The third-order valence-electron chi connectivity index (χ3n) is 13.1. The van der Waals surface area contributed by atoms with Crippen LogP contribution in [0.25, 0.3) is 34.2 Å². The van der Waals surface area contributed by atoms with Gasteiger partial charge >= 0.3 is 18.3 Å². The topological polar surface area (TPSA) is 218 Å². The number of benzene rings is 5. The summed E-state index contributed by atoms with van der Waals surface area (Å²) in [6.07, 6.45) is -1.82. The molecule has 3 amide bonds. The second-order valence-electron chi connectivity index (χ2n) is 28.1. The standard InChI is InChI=1S/2C25H30F2N4O2.C18H24F2N4O2/c1-24(2,3)20(28-23(32)33-25(4,5)6)21-29-22(18-14-17(26)12-13-19(18)27)31(30-21)15-16-10-8-7-9-11-16;1-24(2,3)20(28-23(32)33-25(4,5)6)22-29-21(18-14-17(26)12-13-19(18)27)30-31(22)15-16-10-8-7-9-11-16;1-17(2,3)13(21-16(25)26-18(4,5)6)15-22-14(23-24-15)11-9-10(19)7-8-12(11)20/h2*7-14,20H,15H2,1-6H3,(H,28,32);7-9,13H,1-6H3,(H,21,25)(H,22,23,24)/t2*20-;13-/m000/s1. The summed E-state index contributed by atoms with van der Waals surface area (Å²) in [6.45, 7) is 33.9. The summed E-state index contributed by atoms with van der Waals surface area (Å²) in [5.74, 6) is -2.41. The van der Waals surface area contributed by atoms with Crippen LogP contribution in [0.15, 0.2) is 115 Å². The van der Waals surface area contributed by atoms with E-state index in [9.17, 15) is 40.7 Å². The van der Waals surface area contributed by atoms with E-state index in [4.69, 9.17) is 14.2 Å². The van der Waals surface area contributed by atoms with Crippen LogP contribution in [0.4, 0.5) is 40.7 Å². The van der Waals surface area contributed by atoms with Gasteiger partial charge in [0, 0.05) is 0 Å². The molecule has 5 aromatic carbocycles. The molecule has 3 aromatic heterocycles. The van der Waals surface area contributed by atoms with Crippen LogP contribution in [0.3, 0.4) is 0 Å². The van der Waals surface area contributed by atoms with Crippen molar-refractivity contribution >= 4 is 18.3 Å². The van der Waals surface area contributed by atoms with E-state index >= 15 is 0 Å². The first-order valence-electron chi connectivity index (χ1n) is 29.8. The summed E-state index contributed by atoms with van der Waals surface area (Å²) in [6, 6.07) is 26.7. The molecule has 4 N–H and O–H groups in total. The van der Waals surface area contributed by atoms with E-state index in [0.717, 1.165) is 65.7 Å². The number of rotatable bonds is 13. The number of carbonyl (C=O) groups excluding carboxylic acids is 3. The molecule has 18 nitrogen and oxygen atoms in total. The molecule has 0 fully saturated rings. The van der Waals surface area contributed by atoms with Crippen molar-refractivity contribution in [1.29, 1.82) is 0 Å². The molecular formula is C68H84F6N12O6. The third-order valence-corrected chi connectivity index (χ3v) is 13.1. The van der Waals surface area contributed by atoms with E-state index in [1.54, 1.807) is 67.0 Å². The minimum absolute atomic E-state index is 0.00499. The van der Waals surface area contributed by atoms with Crippen LogP contribution in [0.2, 0.25) is 0 Å². The van der Waals surface area contributed by atoms with Gasteiger partial charge in [-0.3, -0.25) is 5.10 Å². The third kappa shape index (κ3) is 21.3. The second kappa shape index (κ2) is 29.0. The molecule has 494 valence electrons. The van der Waals surface area contributed by atoms with E-state index in [1.807, 2.05) is 123 Å². The van der Waals surface area contributed by atoms with Crippen LogP contribution in [0.5, 0.6) is 0 Å². The van der Waals surface area contributed by atoms with Crippen LogP contribution in [-0.4, -0.2) is 79.8 Å². The number of alkyl carbamates (subject to hydrolysis) is 3. The van der Waals surface area contributed by atoms with E-state index in [-0.39, 0.29) is 40.0 Å². The number of carbonyl (C=O) groups is 3. The minimum Gasteiger partial charge on any atom is -0.444 e. The van der Waals surface area contributed by atoms with Crippen molar-refractivity contribution in [2.24, 2.45) is 16.2 Å². The van der Waals surface area contributed by atoms with Gasteiger partial charge in [0.1, 0.15) is 57.5 Å². The maximum atomic E-state index is 14.7. The molecule has 3 heterocycles. The Kier molecular flexibility index (Phi) is 22.7. The first-order valence-corrected chi connectivity index (χ1v) is 29.8. The zero-order chi connectivity index (χ0) is 68.5. The molecule has 8 aromatic rings. The molecule has 0 saturated carbocycles. The minimum atomic E-state index is -0.680. The lowest BCUT2D eigenvalue weighted by atomic mass is 9.86. The number of nitrogens with zero attached hydrogens (tertiary/aromatic N) is 8. The number of hydrogen-bond acceptors (Lipinski definition) is 12. The molecule has 0 aliphatic rings. The highest BCUT2D eigenvalue weighted by Crippen LogP contribution is 2.37. The van der Waals surface area contributed by atoms with Gasteiger partial charge in [0.25, 0.3) is 0 Å². The Bertz CT molecular complexity index is 3800. The average molecular weight is 1280 g/mol. The molecule has 24 heteroatoms. The van der Waals surface area contributed by atoms with Crippen molar-refractivity contribution in [3.05, 3.63) is 179 Å². The number of aromatic amines is 1. The van der Waals surface area contributed by atoms with Crippen LogP contribution in [-0.2, 0) is 27.3 Å². The number of ether oxygens (including phenoxy) is 3. The van der Waals surface area contributed by atoms with Gasteiger partial charge in [-0.05, 0) is 144 Å². The van der Waals surface area contributed by atoms with Crippen LogP contribution < -0.4 is 16.0 Å². The molecule has 0 saturated heterocycles. The van der Waals surface area contributed by atoms with Gasteiger partial charge in [-0.25, -0.2) is 65.0 Å². The van der Waals surface area contributed by atoms with Crippen LogP contribution in [0, 0.1) is 51.1 Å². The molecule has 3 atom stereocenters. The Hall–Kier alpha value is -9.09. The fourth-order valence-corrected chi connectivity index (χ4v) is 8.94. The molecule has 8 rings (SSSR count). The predicted molar refractivity (Wildman–Crippen MR) is 338 cm³/mol. The van der Waals surface area contributed by atoms with Gasteiger partial charge in [0.2, 0.25) is 0 Å². The largest absolute Gasteiger partial charge is 0.444 e. The Morgan fingerprint density at radius 1 is 0.446 bits per heavy atom.